The summed E-state index contributed by atoms with van der Waals surface area (Å²) in [5.74, 6) is -0.180. The van der Waals surface area contributed by atoms with Crippen LogP contribution in [0, 0.1) is 0 Å². The van der Waals surface area contributed by atoms with Gasteiger partial charge in [0.2, 0.25) is 11.8 Å². The van der Waals surface area contributed by atoms with Crippen molar-refractivity contribution < 1.29 is 9.59 Å². The van der Waals surface area contributed by atoms with Crippen molar-refractivity contribution >= 4 is 17.5 Å². The quantitative estimate of drug-likeness (QED) is 0.863. The number of fused-ring (bicyclic) bond motifs is 1. The van der Waals surface area contributed by atoms with Gasteiger partial charge in [-0.1, -0.05) is 18.2 Å². The first-order valence-electron chi connectivity index (χ1n) is 8.21. The van der Waals surface area contributed by atoms with Gasteiger partial charge < -0.3 is 10.2 Å². The molecule has 24 heavy (non-hydrogen) atoms. The number of carbonyl (C=O) groups is 2. The number of anilines is 1. The summed E-state index contributed by atoms with van der Waals surface area (Å²) in [5, 5.41) is 6.70. The molecule has 0 saturated carbocycles. The van der Waals surface area contributed by atoms with Crippen molar-refractivity contribution in [3.05, 3.63) is 42.5 Å². The molecule has 126 valence electrons. The summed E-state index contributed by atoms with van der Waals surface area (Å²) < 4.78 is 1.68. The van der Waals surface area contributed by atoms with Crippen LogP contribution in [0.4, 0.5) is 5.69 Å². The molecule has 7 nitrogen and oxygen atoms in total. The number of rotatable bonds is 6. The summed E-state index contributed by atoms with van der Waals surface area (Å²) in [6.45, 7) is 1.38. The molecule has 0 fully saturated rings. The summed E-state index contributed by atoms with van der Waals surface area (Å²) in [6, 6.07) is 7.95. The van der Waals surface area contributed by atoms with Gasteiger partial charge in [0.25, 0.3) is 0 Å². The maximum atomic E-state index is 12.4. The molecule has 1 aliphatic rings. The third-order valence-electron chi connectivity index (χ3n) is 4.11. The zero-order chi connectivity index (χ0) is 16.8. The number of para-hydroxylation sites is 1. The van der Waals surface area contributed by atoms with Crippen LogP contribution in [0.2, 0.25) is 0 Å². The molecule has 0 radical (unpaired) electrons. The highest BCUT2D eigenvalue weighted by atomic mass is 16.2. The van der Waals surface area contributed by atoms with Crippen molar-refractivity contribution in [3.8, 4) is 0 Å². The first-order valence-corrected chi connectivity index (χ1v) is 8.21. The molecule has 2 aromatic rings. The molecular weight excluding hydrogens is 306 g/mol. The van der Waals surface area contributed by atoms with E-state index < -0.39 is 0 Å². The number of aryl methyl sites for hydroxylation is 2. The lowest BCUT2D eigenvalue weighted by atomic mass is 10.0. The fraction of sp³-hybridized carbons (Fsp3) is 0.412. The molecule has 1 aliphatic heterocycles. The zero-order valence-corrected chi connectivity index (χ0v) is 13.5. The van der Waals surface area contributed by atoms with E-state index in [1.807, 2.05) is 18.2 Å². The SMILES string of the molecule is O=C(CCCn1cncn1)NCC(=O)N1CCCc2ccccc21. The highest BCUT2D eigenvalue weighted by Gasteiger charge is 2.22. The average Bonchev–Trinajstić information content (AvgIpc) is 3.12. The van der Waals surface area contributed by atoms with Gasteiger partial charge in [-0.15, -0.1) is 0 Å². The minimum atomic E-state index is -0.117. The molecule has 2 heterocycles. The second-order valence-corrected chi connectivity index (χ2v) is 5.82. The maximum Gasteiger partial charge on any atom is 0.246 e. The first-order chi connectivity index (χ1) is 11.7. The van der Waals surface area contributed by atoms with Crippen LogP contribution < -0.4 is 10.2 Å². The Labute approximate surface area is 140 Å². The molecule has 0 saturated heterocycles. The molecule has 0 aliphatic carbocycles. The van der Waals surface area contributed by atoms with Gasteiger partial charge >= 0.3 is 0 Å². The van der Waals surface area contributed by atoms with Crippen LogP contribution in [-0.4, -0.2) is 39.7 Å². The van der Waals surface area contributed by atoms with Crippen LogP contribution in [0.15, 0.2) is 36.9 Å². The van der Waals surface area contributed by atoms with Crippen LogP contribution in [-0.2, 0) is 22.6 Å². The lowest BCUT2D eigenvalue weighted by Gasteiger charge is -2.29. The van der Waals surface area contributed by atoms with E-state index in [4.69, 9.17) is 0 Å². The smallest absolute Gasteiger partial charge is 0.246 e. The lowest BCUT2D eigenvalue weighted by molar-refractivity contribution is -0.125. The largest absolute Gasteiger partial charge is 0.347 e. The standard InChI is InChI=1S/C17H21N5O2/c23-16(8-4-9-21-13-18-12-20-21)19-11-17(24)22-10-3-6-14-5-1-2-7-15(14)22/h1-2,5,7,12-13H,3-4,6,8-11H2,(H,19,23). The van der Waals surface area contributed by atoms with Gasteiger partial charge in [0.15, 0.2) is 0 Å². The van der Waals surface area contributed by atoms with Gasteiger partial charge in [-0.05, 0) is 30.9 Å². The highest BCUT2D eigenvalue weighted by molar-refractivity contribution is 5.97. The van der Waals surface area contributed by atoms with Crippen LogP contribution in [0.25, 0.3) is 0 Å². The Kier molecular flexibility index (Phi) is 5.20. The second kappa shape index (κ2) is 7.72. The first kappa shape index (κ1) is 16.2. The molecule has 0 bridgehead atoms. The summed E-state index contributed by atoms with van der Waals surface area (Å²) in [5.41, 5.74) is 2.16. The van der Waals surface area contributed by atoms with Gasteiger partial charge in [0.05, 0.1) is 6.54 Å². The minimum Gasteiger partial charge on any atom is -0.347 e. The monoisotopic (exact) mass is 327 g/mol. The van der Waals surface area contributed by atoms with Gasteiger partial charge in [0.1, 0.15) is 12.7 Å². The Morgan fingerprint density at radius 3 is 2.96 bits per heavy atom. The predicted octanol–water partition coefficient (Wildman–Crippen LogP) is 1.15. The molecule has 1 aromatic carbocycles. The van der Waals surface area contributed by atoms with Crippen molar-refractivity contribution in [2.75, 3.05) is 18.0 Å². The Hall–Kier alpha value is -2.70. The fourth-order valence-electron chi connectivity index (χ4n) is 2.90. The number of aromatic nitrogens is 3. The minimum absolute atomic E-state index is 0.0382. The summed E-state index contributed by atoms with van der Waals surface area (Å²) in [4.78, 5) is 29.9. The van der Waals surface area contributed by atoms with E-state index in [0.29, 0.717) is 25.9 Å². The zero-order valence-electron chi connectivity index (χ0n) is 13.5. The molecule has 3 rings (SSSR count). The number of nitrogens with zero attached hydrogens (tertiary/aromatic N) is 4. The van der Waals surface area contributed by atoms with Gasteiger partial charge in [-0.2, -0.15) is 5.10 Å². The second-order valence-electron chi connectivity index (χ2n) is 5.82. The molecule has 0 atom stereocenters. The van der Waals surface area contributed by atoms with E-state index in [1.54, 1.807) is 15.9 Å². The van der Waals surface area contributed by atoms with E-state index >= 15 is 0 Å². The van der Waals surface area contributed by atoms with Crippen LogP contribution in [0.3, 0.4) is 0 Å². The van der Waals surface area contributed by atoms with Crippen molar-refractivity contribution in [3.63, 3.8) is 0 Å². The molecule has 1 aromatic heterocycles. The molecule has 1 N–H and O–H groups in total. The fourth-order valence-corrected chi connectivity index (χ4v) is 2.90. The van der Waals surface area contributed by atoms with E-state index in [-0.39, 0.29) is 18.4 Å². The molecule has 7 heteroatoms. The number of hydrogen-bond acceptors (Lipinski definition) is 4. The number of benzene rings is 1. The lowest BCUT2D eigenvalue weighted by Crippen LogP contribution is -2.42. The highest BCUT2D eigenvalue weighted by Crippen LogP contribution is 2.26. The van der Waals surface area contributed by atoms with E-state index in [2.05, 4.69) is 21.5 Å². The third-order valence-corrected chi connectivity index (χ3v) is 4.11. The Balaban J connectivity index is 1.45. The van der Waals surface area contributed by atoms with Gasteiger partial charge in [0, 0.05) is 25.2 Å². The van der Waals surface area contributed by atoms with Crippen molar-refractivity contribution in [2.45, 2.75) is 32.2 Å². The Morgan fingerprint density at radius 1 is 1.25 bits per heavy atom. The van der Waals surface area contributed by atoms with Crippen molar-refractivity contribution in [1.29, 1.82) is 0 Å². The van der Waals surface area contributed by atoms with Gasteiger partial charge in [-0.3, -0.25) is 14.3 Å². The average molecular weight is 327 g/mol. The van der Waals surface area contributed by atoms with E-state index in [0.717, 1.165) is 18.5 Å². The van der Waals surface area contributed by atoms with Crippen LogP contribution in [0.5, 0.6) is 0 Å². The third kappa shape index (κ3) is 3.98. The topological polar surface area (TPSA) is 80.1 Å². The number of carbonyl (C=O) groups excluding carboxylic acids is 2. The molecule has 2 amide bonds. The number of amides is 2. The molecule has 0 unspecified atom stereocenters. The van der Waals surface area contributed by atoms with E-state index in [9.17, 15) is 9.59 Å². The van der Waals surface area contributed by atoms with Gasteiger partial charge in [-0.25, -0.2) is 4.98 Å². The molecule has 0 spiro atoms. The van der Waals surface area contributed by atoms with Crippen LogP contribution >= 0.6 is 0 Å². The van der Waals surface area contributed by atoms with Crippen LogP contribution in [0.1, 0.15) is 24.8 Å². The van der Waals surface area contributed by atoms with Crippen molar-refractivity contribution in [2.24, 2.45) is 0 Å². The predicted molar refractivity (Wildman–Crippen MR) is 89.4 cm³/mol. The Morgan fingerprint density at radius 2 is 2.12 bits per heavy atom. The normalized spacial score (nSPS) is 13.4. The van der Waals surface area contributed by atoms with E-state index in [1.165, 1.54) is 11.9 Å². The summed E-state index contributed by atoms with van der Waals surface area (Å²) in [6.07, 6.45) is 6.06. The number of nitrogens with one attached hydrogen (secondary N) is 1. The number of hydrogen-bond donors (Lipinski definition) is 1. The van der Waals surface area contributed by atoms with Crippen molar-refractivity contribution in [1.82, 2.24) is 20.1 Å². The maximum absolute atomic E-state index is 12.4. The summed E-state index contributed by atoms with van der Waals surface area (Å²) in [7, 11) is 0. The Bertz CT molecular complexity index is 699. The summed E-state index contributed by atoms with van der Waals surface area (Å²) >= 11 is 0. The molecular formula is C17H21N5O2.